The standard InChI is InChI=1S/C15H18FN3O/c1-9(10-6-7-10)19-8-12(17)15(18-19)14-11(16)4-3-5-13(14)20-2/h3-5,8-10H,6-7,17H2,1-2H3. The summed E-state index contributed by atoms with van der Waals surface area (Å²) in [6, 6.07) is 5.00. The van der Waals surface area contributed by atoms with Gasteiger partial charge in [-0.25, -0.2) is 4.39 Å². The first kappa shape index (κ1) is 13.0. The zero-order chi connectivity index (χ0) is 14.3. The van der Waals surface area contributed by atoms with Crippen LogP contribution < -0.4 is 10.5 Å². The summed E-state index contributed by atoms with van der Waals surface area (Å²) in [5.41, 5.74) is 7.27. The molecule has 1 atom stereocenters. The molecule has 20 heavy (non-hydrogen) atoms. The van der Waals surface area contributed by atoms with Gasteiger partial charge in [0, 0.05) is 6.20 Å². The summed E-state index contributed by atoms with van der Waals surface area (Å²) >= 11 is 0. The average molecular weight is 275 g/mol. The molecule has 0 bridgehead atoms. The van der Waals surface area contributed by atoms with Crippen molar-refractivity contribution in [1.29, 1.82) is 0 Å². The second kappa shape index (κ2) is 4.81. The maximum Gasteiger partial charge on any atom is 0.136 e. The maximum atomic E-state index is 14.1. The zero-order valence-corrected chi connectivity index (χ0v) is 11.6. The van der Waals surface area contributed by atoms with E-state index in [0.29, 0.717) is 34.7 Å². The van der Waals surface area contributed by atoms with Crippen molar-refractivity contribution in [2.75, 3.05) is 12.8 Å². The molecule has 1 fully saturated rings. The number of aromatic nitrogens is 2. The van der Waals surface area contributed by atoms with Gasteiger partial charge in [0.15, 0.2) is 0 Å². The van der Waals surface area contributed by atoms with Crippen LogP contribution in [0, 0.1) is 11.7 Å². The van der Waals surface area contributed by atoms with E-state index in [9.17, 15) is 4.39 Å². The lowest BCUT2D eigenvalue weighted by atomic mass is 10.1. The van der Waals surface area contributed by atoms with Crippen molar-refractivity contribution in [3.63, 3.8) is 0 Å². The highest BCUT2D eigenvalue weighted by molar-refractivity contribution is 5.77. The van der Waals surface area contributed by atoms with Crippen molar-refractivity contribution in [3.8, 4) is 17.0 Å². The van der Waals surface area contributed by atoms with E-state index in [4.69, 9.17) is 10.5 Å². The fourth-order valence-corrected chi connectivity index (χ4v) is 2.51. The molecule has 1 aromatic carbocycles. The van der Waals surface area contributed by atoms with Gasteiger partial charge in [-0.3, -0.25) is 4.68 Å². The van der Waals surface area contributed by atoms with Crippen molar-refractivity contribution >= 4 is 5.69 Å². The Balaban J connectivity index is 2.06. The molecule has 5 heteroatoms. The summed E-state index contributed by atoms with van der Waals surface area (Å²) in [4.78, 5) is 0. The third-order valence-corrected chi connectivity index (χ3v) is 3.91. The largest absolute Gasteiger partial charge is 0.496 e. The number of rotatable bonds is 4. The number of methoxy groups -OCH3 is 1. The Morgan fingerprint density at radius 1 is 1.45 bits per heavy atom. The van der Waals surface area contributed by atoms with Gasteiger partial charge in [-0.05, 0) is 37.8 Å². The first-order valence-electron chi connectivity index (χ1n) is 6.79. The monoisotopic (exact) mass is 275 g/mol. The van der Waals surface area contributed by atoms with Crippen LogP contribution in [0.4, 0.5) is 10.1 Å². The first-order chi connectivity index (χ1) is 9.61. The van der Waals surface area contributed by atoms with Crippen LogP contribution in [0.2, 0.25) is 0 Å². The van der Waals surface area contributed by atoms with Gasteiger partial charge < -0.3 is 10.5 Å². The minimum Gasteiger partial charge on any atom is -0.496 e. The highest BCUT2D eigenvalue weighted by Gasteiger charge is 2.30. The molecule has 4 nitrogen and oxygen atoms in total. The molecule has 0 radical (unpaired) electrons. The second-order valence-corrected chi connectivity index (χ2v) is 5.31. The fourth-order valence-electron chi connectivity index (χ4n) is 2.51. The van der Waals surface area contributed by atoms with Crippen molar-refractivity contribution in [3.05, 3.63) is 30.2 Å². The Morgan fingerprint density at radius 3 is 2.85 bits per heavy atom. The smallest absolute Gasteiger partial charge is 0.136 e. The normalized spacial score (nSPS) is 16.1. The molecule has 1 aliphatic rings. The number of anilines is 1. The number of nitrogen functional groups attached to an aromatic ring is 1. The summed E-state index contributed by atoms with van der Waals surface area (Å²) in [5, 5.41) is 4.48. The van der Waals surface area contributed by atoms with Crippen LogP contribution in [0.3, 0.4) is 0 Å². The van der Waals surface area contributed by atoms with Crippen LogP contribution in [0.1, 0.15) is 25.8 Å². The van der Waals surface area contributed by atoms with Crippen LogP contribution in [0.5, 0.6) is 5.75 Å². The van der Waals surface area contributed by atoms with E-state index in [1.807, 2.05) is 4.68 Å². The lowest BCUT2D eigenvalue weighted by molar-refractivity contribution is 0.412. The molecule has 1 heterocycles. The highest BCUT2D eigenvalue weighted by Crippen LogP contribution is 2.41. The molecule has 2 aromatic rings. The van der Waals surface area contributed by atoms with Gasteiger partial charge in [0.05, 0.1) is 24.4 Å². The average Bonchev–Trinajstić information content (AvgIpc) is 3.21. The van der Waals surface area contributed by atoms with E-state index in [1.165, 1.54) is 26.0 Å². The van der Waals surface area contributed by atoms with Gasteiger partial charge in [0.2, 0.25) is 0 Å². The predicted molar refractivity (Wildman–Crippen MR) is 76.0 cm³/mol. The van der Waals surface area contributed by atoms with Crippen molar-refractivity contribution < 1.29 is 9.13 Å². The zero-order valence-electron chi connectivity index (χ0n) is 11.6. The van der Waals surface area contributed by atoms with Gasteiger partial charge in [-0.2, -0.15) is 5.10 Å². The van der Waals surface area contributed by atoms with Crippen molar-refractivity contribution in [1.82, 2.24) is 9.78 Å². The van der Waals surface area contributed by atoms with Crippen LogP contribution in [-0.2, 0) is 0 Å². The molecule has 3 rings (SSSR count). The molecule has 0 saturated heterocycles. The Bertz CT molecular complexity index is 634. The van der Waals surface area contributed by atoms with Gasteiger partial charge in [0.25, 0.3) is 0 Å². The molecule has 2 N–H and O–H groups in total. The second-order valence-electron chi connectivity index (χ2n) is 5.31. The lowest BCUT2D eigenvalue weighted by Crippen LogP contribution is -2.07. The van der Waals surface area contributed by atoms with E-state index >= 15 is 0 Å². The van der Waals surface area contributed by atoms with Crippen LogP contribution in [0.15, 0.2) is 24.4 Å². The minimum atomic E-state index is -0.375. The van der Waals surface area contributed by atoms with Gasteiger partial charge >= 0.3 is 0 Å². The molecular weight excluding hydrogens is 257 g/mol. The lowest BCUT2D eigenvalue weighted by Gasteiger charge is -2.10. The maximum absolute atomic E-state index is 14.1. The number of hydrogen-bond acceptors (Lipinski definition) is 3. The highest BCUT2D eigenvalue weighted by atomic mass is 19.1. The Kier molecular flexibility index (Phi) is 3.12. The van der Waals surface area contributed by atoms with E-state index in [1.54, 1.807) is 18.3 Å². The number of nitrogens with zero attached hydrogens (tertiary/aromatic N) is 2. The Morgan fingerprint density at radius 2 is 2.20 bits per heavy atom. The first-order valence-corrected chi connectivity index (χ1v) is 6.79. The summed E-state index contributed by atoms with van der Waals surface area (Å²) in [7, 11) is 1.51. The summed E-state index contributed by atoms with van der Waals surface area (Å²) in [6.45, 7) is 2.12. The quantitative estimate of drug-likeness (QED) is 0.931. The molecule has 0 amide bonds. The summed E-state index contributed by atoms with van der Waals surface area (Å²) in [6.07, 6.45) is 4.22. The Labute approximate surface area is 117 Å². The fraction of sp³-hybridized carbons (Fsp3) is 0.400. The summed E-state index contributed by atoms with van der Waals surface area (Å²) < 4.78 is 21.2. The number of hydrogen-bond donors (Lipinski definition) is 1. The Hall–Kier alpha value is -2.04. The topological polar surface area (TPSA) is 53.1 Å². The number of ether oxygens (including phenoxy) is 1. The van der Waals surface area contributed by atoms with Crippen molar-refractivity contribution in [2.45, 2.75) is 25.8 Å². The summed E-state index contributed by atoms with van der Waals surface area (Å²) in [5.74, 6) is 0.728. The molecular formula is C15H18FN3O. The van der Waals surface area contributed by atoms with Crippen LogP contribution >= 0.6 is 0 Å². The van der Waals surface area contributed by atoms with E-state index in [2.05, 4.69) is 12.0 Å². The number of nitrogens with two attached hydrogens (primary N) is 1. The molecule has 106 valence electrons. The van der Waals surface area contributed by atoms with Gasteiger partial charge in [-0.15, -0.1) is 0 Å². The molecule has 1 aromatic heterocycles. The minimum absolute atomic E-state index is 0.295. The molecule has 0 spiro atoms. The molecule has 1 aliphatic carbocycles. The van der Waals surface area contributed by atoms with Gasteiger partial charge in [0.1, 0.15) is 17.3 Å². The van der Waals surface area contributed by atoms with E-state index in [0.717, 1.165) is 0 Å². The SMILES string of the molecule is COc1cccc(F)c1-c1nn(C(C)C2CC2)cc1N. The third kappa shape index (κ3) is 2.13. The van der Waals surface area contributed by atoms with Gasteiger partial charge in [-0.1, -0.05) is 6.07 Å². The third-order valence-electron chi connectivity index (χ3n) is 3.91. The van der Waals surface area contributed by atoms with Crippen molar-refractivity contribution in [2.24, 2.45) is 5.92 Å². The van der Waals surface area contributed by atoms with E-state index < -0.39 is 0 Å². The molecule has 1 unspecified atom stereocenters. The van der Waals surface area contributed by atoms with Crippen LogP contribution in [0.25, 0.3) is 11.3 Å². The van der Waals surface area contributed by atoms with Crippen LogP contribution in [-0.4, -0.2) is 16.9 Å². The van der Waals surface area contributed by atoms with E-state index in [-0.39, 0.29) is 5.82 Å². The number of halogens is 1. The molecule has 0 aliphatic heterocycles. The number of benzene rings is 1. The predicted octanol–water partition coefficient (Wildman–Crippen LogP) is 3.25. The molecule has 1 saturated carbocycles.